The number of rotatable bonds is 10. The number of anilines is 3. The molecule has 0 amide bonds. The smallest absolute Gasteiger partial charge is 0.250 e. The summed E-state index contributed by atoms with van der Waals surface area (Å²) in [5.41, 5.74) is 5.03. The standard InChI is InChI=1S/C30H37Cl2N7O2/c1-30(2,3)22-8-10-23(11-9-22)40-16-17-41-26-24(31)18-21(19-25(26)32)20-33-37-27-34-28(38-12-4-5-13-38)36-29(35-27)39-14-6-7-15-39/h8-11,18-20H,4-7,12-17H2,1-3H3,(H,34,35,36,37)/b33-20-. The summed E-state index contributed by atoms with van der Waals surface area (Å²) in [5, 5.41) is 5.13. The van der Waals surface area contributed by atoms with Crippen LogP contribution in [-0.4, -0.2) is 60.6 Å². The summed E-state index contributed by atoms with van der Waals surface area (Å²) in [5.74, 6) is 2.99. The molecule has 3 aromatic rings. The van der Waals surface area contributed by atoms with Gasteiger partial charge in [0.2, 0.25) is 17.8 Å². The molecule has 2 fully saturated rings. The van der Waals surface area contributed by atoms with E-state index in [-0.39, 0.29) is 5.41 Å². The minimum atomic E-state index is 0.0998. The summed E-state index contributed by atoms with van der Waals surface area (Å²) in [6, 6.07) is 11.6. The number of aromatic nitrogens is 3. The van der Waals surface area contributed by atoms with E-state index in [4.69, 9.17) is 37.7 Å². The lowest BCUT2D eigenvalue weighted by Gasteiger charge is -2.20. The highest BCUT2D eigenvalue weighted by Gasteiger charge is 2.21. The van der Waals surface area contributed by atoms with E-state index in [1.54, 1.807) is 18.3 Å². The third kappa shape index (κ3) is 7.71. The molecule has 9 nitrogen and oxygen atoms in total. The molecule has 2 saturated heterocycles. The number of nitrogens with zero attached hydrogens (tertiary/aromatic N) is 6. The average molecular weight is 599 g/mol. The van der Waals surface area contributed by atoms with Crippen molar-refractivity contribution >= 4 is 47.3 Å². The van der Waals surface area contributed by atoms with Crippen molar-refractivity contribution in [1.82, 2.24) is 15.0 Å². The van der Waals surface area contributed by atoms with Gasteiger partial charge in [-0.3, -0.25) is 0 Å². The predicted octanol–water partition coefficient (Wildman–Crippen LogP) is 6.58. The number of hydrazone groups is 1. The molecule has 2 aromatic carbocycles. The number of benzene rings is 2. The molecule has 1 aromatic heterocycles. The first-order valence-electron chi connectivity index (χ1n) is 14.2. The van der Waals surface area contributed by atoms with Gasteiger partial charge >= 0.3 is 0 Å². The second kappa shape index (κ2) is 13.1. The van der Waals surface area contributed by atoms with Gasteiger partial charge in [-0.05, 0) is 66.5 Å². The van der Waals surface area contributed by atoms with Crippen LogP contribution in [0, 0.1) is 0 Å². The number of ether oxygens (including phenoxy) is 2. The lowest BCUT2D eigenvalue weighted by molar-refractivity contribution is 0.217. The molecule has 3 heterocycles. The van der Waals surface area contributed by atoms with Crippen LogP contribution in [0.25, 0.3) is 0 Å². The lowest BCUT2D eigenvalue weighted by atomic mass is 9.87. The SMILES string of the molecule is CC(C)(C)c1ccc(OCCOc2c(Cl)cc(/C=N\Nc3nc(N4CCCC4)nc(N4CCCC4)n3)cc2Cl)cc1. The van der Waals surface area contributed by atoms with Crippen molar-refractivity contribution in [2.75, 3.05) is 54.6 Å². The van der Waals surface area contributed by atoms with Gasteiger partial charge in [0.15, 0.2) is 5.75 Å². The Hall–Kier alpha value is -3.30. The Morgan fingerprint density at radius 1 is 0.829 bits per heavy atom. The van der Waals surface area contributed by atoms with Crippen LogP contribution in [0.2, 0.25) is 10.0 Å². The van der Waals surface area contributed by atoms with Gasteiger partial charge in [0.05, 0.1) is 16.3 Å². The molecule has 0 atom stereocenters. The molecule has 11 heteroatoms. The van der Waals surface area contributed by atoms with Gasteiger partial charge in [-0.15, -0.1) is 0 Å². The van der Waals surface area contributed by atoms with Crippen LogP contribution in [0.5, 0.6) is 11.5 Å². The van der Waals surface area contributed by atoms with Gasteiger partial charge in [-0.1, -0.05) is 56.1 Å². The maximum atomic E-state index is 6.50. The maximum absolute atomic E-state index is 6.50. The summed E-state index contributed by atoms with van der Waals surface area (Å²) >= 11 is 13.0. The molecule has 218 valence electrons. The zero-order valence-corrected chi connectivity index (χ0v) is 25.4. The molecule has 1 N–H and O–H groups in total. The van der Waals surface area contributed by atoms with E-state index in [2.05, 4.69) is 63.2 Å². The normalized spacial score (nSPS) is 15.6. The zero-order valence-electron chi connectivity index (χ0n) is 23.9. The zero-order chi connectivity index (χ0) is 28.8. The maximum Gasteiger partial charge on any atom is 0.250 e. The van der Waals surface area contributed by atoms with Crippen LogP contribution in [0.4, 0.5) is 17.8 Å². The second-order valence-electron chi connectivity index (χ2n) is 11.3. The van der Waals surface area contributed by atoms with Crippen LogP contribution < -0.4 is 24.7 Å². The Balaban J connectivity index is 1.18. The minimum Gasteiger partial charge on any atom is -0.490 e. The van der Waals surface area contributed by atoms with E-state index in [1.807, 2.05) is 12.1 Å². The van der Waals surface area contributed by atoms with Crippen LogP contribution in [0.15, 0.2) is 41.5 Å². The summed E-state index contributed by atoms with van der Waals surface area (Å²) in [4.78, 5) is 18.4. The van der Waals surface area contributed by atoms with Gasteiger partial charge in [-0.2, -0.15) is 20.1 Å². The van der Waals surface area contributed by atoms with Crippen molar-refractivity contribution in [3.05, 3.63) is 57.6 Å². The fourth-order valence-electron chi connectivity index (χ4n) is 4.83. The van der Waals surface area contributed by atoms with E-state index in [1.165, 1.54) is 5.56 Å². The van der Waals surface area contributed by atoms with E-state index < -0.39 is 0 Å². The summed E-state index contributed by atoms with van der Waals surface area (Å²) in [7, 11) is 0. The van der Waals surface area contributed by atoms with Gasteiger partial charge in [-0.25, -0.2) is 5.43 Å². The van der Waals surface area contributed by atoms with E-state index in [0.717, 1.165) is 57.6 Å². The molecule has 5 rings (SSSR count). The van der Waals surface area contributed by atoms with Gasteiger partial charge in [0.1, 0.15) is 19.0 Å². The van der Waals surface area contributed by atoms with Crippen molar-refractivity contribution in [1.29, 1.82) is 0 Å². The molecule has 0 aliphatic carbocycles. The van der Waals surface area contributed by atoms with Crippen molar-refractivity contribution in [3.8, 4) is 11.5 Å². The molecule has 2 aliphatic heterocycles. The highest BCUT2D eigenvalue weighted by atomic mass is 35.5. The van der Waals surface area contributed by atoms with Gasteiger partial charge in [0.25, 0.3) is 0 Å². The molecule has 0 bridgehead atoms. The van der Waals surface area contributed by atoms with Crippen LogP contribution in [0.3, 0.4) is 0 Å². The molecule has 2 aliphatic rings. The fourth-order valence-corrected chi connectivity index (χ4v) is 5.44. The topological polar surface area (TPSA) is 88.0 Å². The molecular weight excluding hydrogens is 561 g/mol. The third-order valence-electron chi connectivity index (χ3n) is 7.11. The van der Waals surface area contributed by atoms with Gasteiger partial charge < -0.3 is 19.3 Å². The Morgan fingerprint density at radius 3 is 1.90 bits per heavy atom. The quantitative estimate of drug-likeness (QED) is 0.159. The number of hydrogen-bond acceptors (Lipinski definition) is 9. The highest BCUT2D eigenvalue weighted by Crippen LogP contribution is 2.34. The molecule has 0 unspecified atom stereocenters. The minimum absolute atomic E-state index is 0.0998. The van der Waals surface area contributed by atoms with Crippen LogP contribution in [-0.2, 0) is 5.41 Å². The molecule has 41 heavy (non-hydrogen) atoms. The van der Waals surface area contributed by atoms with Gasteiger partial charge in [0, 0.05) is 26.2 Å². The molecule has 0 saturated carbocycles. The second-order valence-corrected chi connectivity index (χ2v) is 12.1. The Kier molecular flexibility index (Phi) is 9.35. The first-order valence-corrected chi connectivity index (χ1v) is 14.9. The van der Waals surface area contributed by atoms with Crippen molar-refractivity contribution in [3.63, 3.8) is 0 Å². The lowest BCUT2D eigenvalue weighted by Crippen LogP contribution is -2.25. The van der Waals surface area contributed by atoms with E-state index in [9.17, 15) is 0 Å². The molecular formula is C30H37Cl2N7O2. The first-order chi connectivity index (χ1) is 19.8. The van der Waals surface area contributed by atoms with Crippen molar-refractivity contribution < 1.29 is 9.47 Å². The van der Waals surface area contributed by atoms with Crippen LogP contribution in [0.1, 0.15) is 57.6 Å². The molecule has 0 spiro atoms. The largest absolute Gasteiger partial charge is 0.490 e. The summed E-state index contributed by atoms with van der Waals surface area (Å²) < 4.78 is 11.6. The fraction of sp³-hybridized carbons (Fsp3) is 0.467. The Bertz CT molecular complexity index is 1290. The Labute approximate surface area is 251 Å². The number of hydrogen-bond donors (Lipinski definition) is 1. The number of nitrogens with one attached hydrogen (secondary N) is 1. The van der Waals surface area contributed by atoms with E-state index in [0.29, 0.717) is 52.4 Å². The number of halogens is 2. The summed E-state index contributed by atoms with van der Waals surface area (Å²) in [6.45, 7) is 11.0. The van der Waals surface area contributed by atoms with Crippen LogP contribution >= 0.6 is 23.2 Å². The predicted molar refractivity (Wildman–Crippen MR) is 167 cm³/mol. The summed E-state index contributed by atoms with van der Waals surface area (Å²) in [6.07, 6.45) is 6.20. The monoisotopic (exact) mass is 597 g/mol. The van der Waals surface area contributed by atoms with Crippen molar-refractivity contribution in [2.45, 2.75) is 51.9 Å². The van der Waals surface area contributed by atoms with Crippen molar-refractivity contribution in [2.24, 2.45) is 5.10 Å². The highest BCUT2D eigenvalue weighted by molar-refractivity contribution is 6.37. The third-order valence-corrected chi connectivity index (χ3v) is 7.67. The Morgan fingerprint density at radius 2 is 1.37 bits per heavy atom. The average Bonchev–Trinajstić information content (AvgIpc) is 3.67. The van der Waals surface area contributed by atoms with E-state index >= 15 is 0 Å². The molecule has 0 radical (unpaired) electrons. The first kappa shape index (κ1) is 29.2.